The monoisotopic (exact) mass is 156 g/mol. The Kier molecular flexibility index (Phi) is 2.27. The molecule has 0 amide bonds. The summed E-state index contributed by atoms with van der Waals surface area (Å²) in [5, 5.41) is 0. The van der Waals surface area contributed by atoms with E-state index in [4.69, 9.17) is 0 Å². The van der Waals surface area contributed by atoms with E-state index in [1.807, 2.05) is 0 Å². The topological polar surface area (TPSA) is 65.7 Å². The summed E-state index contributed by atoms with van der Waals surface area (Å²) in [6, 6.07) is 0. The van der Waals surface area contributed by atoms with E-state index in [0.717, 1.165) is 12.5 Å². The first-order chi connectivity index (χ1) is 5.38. The summed E-state index contributed by atoms with van der Waals surface area (Å²) in [7, 11) is 0. The Bertz CT molecular complexity index is 227. The zero-order valence-electron chi connectivity index (χ0n) is 5.35. The average molecular weight is 156 g/mol. The van der Waals surface area contributed by atoms with Gasteiger partial charge in [0.15, 0.2) is 0 Å². The fraction of sp³-hybridized carbons (Fsp3) is 0. The minimum Gasteiger partial charge on any atom is -0.465 e. The van der Waals surface area contributed by atoms with Crippen LogP contribution in [0.2, 0.25) is 0 Å². The van der Waals surface area contributed by atoms with Gasteiger partial charge in [-0.25, -0.2) is 0 Å². The molecule has 0 saturated carbocycles. The number of furan rings is 1. The molecule has 0 bridgehead atoms. The molecule has 58 valence electrons. The summed E-state index contributed by atoms with van der Waals surface area (Å²) in [5.41, 5.74) is 0. The van der Waals surface area contributed by atoms with Crippen molar-refractivity contribution in [1.82, 2.24) is 0 Å². The summed E-state index contributed by atoms with van der Waals surface area (Å²) in [6.45, 7) is 0.422. The average Bonchev–Trinajstić information content (AvgIpc) is 2.39. The quantitative estimate of drug-likeness (QED) is 0.588. The largest absolute Gasteiger partial charge is 0.465 e. The lowest BCUT2D eigenvalue weighted by atomic mass is 10.5. The standard InChI is InChI=1S/C6H4O5/c7-3-10-5-1-9-2-6(5)11-4-8/h1-4H. The third-order valence-electron chi connectivity index (χ3n) is 0.943. The molecule has 1 aromatic heterocycles. The van der Waals surface area contributed by atoms with Gasteiger partial charge < -0.3 is 13.9 Å². The zero-order chi connectivity index (χ0) is 8.10. The van der Waals surface area contributed by atoms with E-state index < -0.39 is 0 Å². The van der Waals surface area contributed by atoms with Crippen molar-refractivity contribution in [2.75, 3.05) is 0 Å². The van der Waals surface area contributed by atoms with Crippen LogP contribution in [0.5, 0.6) is 11.5 Å². The van der Waals surface area contributed by atoms with E-state index in [0.29, 0.717) is 0 Å². The maximum absolute atomic E-state index is 9.82. The second kappa shape index (κ2) is 3.40. The number of carbonyl (C=O) groups excluding carboxylic acids is 2. The Hall–Kier alpha value is -1.78. The van der Waals surface area contributed by atoms with Crippen LogP contribution in [0.25, 0.3) is 0 Å². The highest BCUT2D eigenvalue weighted by Gasteiger charge is 2.06. The highest BCUT2D eigenvalue weighted by atomic mass is 16.6. The number of hydrogen-bond acceptors (Lipinski definition) is 5. The molecular weight excluding hydrogens is 152 g/mol. The number of carbonyl (C=O) groups is 2. The fourth-order valence-corrected chi connectivity index (χ4v) is 0.549. The van der Waals surface area contributed by atoms with Crippen molar-refractivity contribution < 1.29 is 23.5 Å². The van der Waals surface area contributed by atoms with E-state index in [1.54, 1.807) is 0 Å². The third-order valence-corrected chi connectivity index (χ3v) is 0.943. The van der Waals surface area contributed by atoms with Crippen LogP contribution in [-0.4, -0.2) is 12.9 Å². The lowest BCUT2D eigenvalue weighted by molar-refractivity contribution is -0.123. The van der Waals surface area contributed by atoms with Crippen molar-refractivity contribution in [1.29, 1.82) is 0 Å². The fourth-order valence-electron chi connectivity index (χ4n) is 0.549. The van der Waals surface area contributed by atoms with Crippen molar-refractivity contribution in [2.24, 2.45) is 0 Å². The third kappa shape index (κ3) is 1.57. The Balaban J connectivity index is 2.76. The van der Waals surface area contributed by atoms with E-state index in [2.05, 4.69) is 13.9 Å². The SMILES string of the molecule is O=COc1cocc1OC=O. The predicted molar refractivity (Wildman–Crippen MR) is 32.1 cm³/mol. The Morgan fingerprint density at radius 2 is 1.55 bits per heavy atom. The van der Waals surface area contributed by atoms with Gasteiger partial charge in [0.25, 0.3) is 12.9 Å². The van der Waals surface area contributed by atoms with Gasteiger partial charge in [0.05, 0.1) is 0 Å². The smallest absolute Gasteiger partial charge is 0.298 e. The van der Waals surface area contributed by atoms with Crippen molar-refractivity contribution in [2.45, 2.75) is 0 Å². The molecule has 0 atom stereocenters. The second-order valence-electron chi connectivity index (χ2n) is 1.53. The summed E-state index contributed by atoms with van der Waals surface area (Å²) in [4.78, 5) is 19.6. The molecule has 0 unspecified atom stereocenters. The highest BCUT2D eigenvalue weighted by Crippen LogP contribution is 2.26. The number of rotatable bonds is 4. The molecule has 1 heterocycles. The molecule has 0 saturated heterocycles. The minimum atomic E-state index is 0.0760. The zero-order valence-corrected chi connectivity index (χ0v) is 5.35. The molecule has 5 nitrogen and oxygen atoms in total. The summed E-state index contributed by atoms with van der Waals surface area (Å²) in [5.74, 6) is 0.152. The summed E-state index contributed by atoms with van der Waals surface area (Å²) >= 11 is 0. The van der Waals surface area contributed by atoms with Crippen molar-refractivity contribution >= 4 is 12.9 Å². The minimum absolute atomic E-state index is 0.0760. The van der Waals surface area contributed by atoms with Gasteiger partial charge in [0.1, 0.15) is 12.5 Å². The lowest BCUT2D eigenvalue weighted by Crippen LogP contribution is -1.91. The lowest BCUT2D eigenvalue weighted by Gasteiger charge is -1.93. The molecule has 1 aromatic rings. The molecule has 11 heavy (non-hydrogen) atoms. The van der Waals surface area contributed by atoms with Gasteiger partial charge in [-0.2, -0.15) is 0 Å². The van der Waals surface area contributed by atoms with E-state index >= 15 is 0 Å². The van der Waals surface area contributed by atoms with Crippen molar-refractivity contribution in [3.63, 3.8) is 0 Å². The van der Waals surface area contributed by atoms with E-state index in [-0.39, 0.29) is 24.4 Å². The van der Waals surface area contributed by atoms with Crippen LogP contribution in [-0.2, 0) is 9.59 Å². The molecule has 0 spiro atoms. The number of ether oxygens (including phenoxy) is 2. The van der Waals surface area contributed by atoms with Gasteiger partial charge in [-0.15, -0.1) is 0 Å². The molecule has 0 aromatic carbocycles. The van der Waals surface area contributed by atoms with Crippen LogP contribution < -0.4 is 9.47 Å². The van der Waals surface area contributed by atoms with E-state index in [1.165, 1.54) is 0 Å². The molecule has 0 radical (unpaired) electrons. The molecule has 1 rings (SSSR count). The van der Waals surface area contributed by atoms with Crippen LogP contribution in [0.4, 0.5) is 0 Å². The molecule has 0 aliphatic heterocycles. The Labute approximate surface area is 61.5 Å². The van der Waals surface area contributed by atoms with Crippen molar-refractivity contribution in [3.8, 4) is 11.5 Å². The van der Waals surface area contributed by atoms with E-state index in [9.17, 15) is 9.59 Å². The maximum Gasteiger partial charge on any atom is 0.298 e. The van der Waals surface area contributed by atoms with Crippen LogP contribution in [0, 0.1) is 0 Å². The van der Waals surface area contributed by atoms with Gasteiger partial charge in [-0.05, 0) is 0 Å². The van der Waals surface area contributed by atoms with Crippen LogP contribution >= 0.6 is 0 Å². The highest BCUT2D eigenvalue weighted by molar-refractivity contribution is 5.53. The van der Waals surface area contributed by atoms with Crippen molar-refractivity contribution in [3.05, 3.63) is 12.5 Å². The summed E-state index contributed by atoms with van der Waals surface area (Å²) < 4.78 is 13.3. The predicted octanol–water partition coefficient (Wildman–Crippen LogP) is 0.350. The normalized spacial score (nSPS) is 8.73. The molecule has 0 aliphatic rings. The van der Waals surface area contributed by atoms with Crippen LogP contribution in [0.15, 0.2) is 16.9 Å². The first kappa shape index (κ1) is 7.33. The Morgan fingerprint density at radius 3 is 1.91 bits per heavy atom. The van der Waals surface area contributed by atoms with Crippen LogP contribution in [0.3, 0.4) is 0 Å². The van der Waals surface area contributed by atoms with Gasteiger partial charge in [0.2, 0.25) is 11.5 Å². The van der Waals surface area contributed by atoms with Crippen LogP contribution in [0.1, 0.15) is 0 Å². The first-order valence-electron chi connectivity index (χ1n) is 2.65. The summed E-state index contributed by atoms with van der Waals surface area (Å²) in [6.07, 6.45) is 2.29. The van der Waals surface area contributed by atoms with Gasteiger partial charge in [-0.1, -0.05) is 0 Å². The number of hydrogen-bond donors (Lipinski definition) is 0. The van der Waals surface area contributed by atoms with Gasteiger partial charge >= 0.3 is 0 Å². The second-order valence-corrected chi connectivity index (χ2v) is 1.53. The van der Waals surface area contributed by atoms with Gasteiger partial charge in [0, 0.05) is 0 Å². The maximum atomic E-state index is 9.82. The first-order valence-corrected chi connectivity index (χ1v) is 2.65. The molecule has 0 fully saturated rings. The molecule has 0 N–H and O–H groups in total. The van der Waals surface area contributed by atoms with Gasteiger partial charge in [-0.3, -0.25) is 9.59 Å². The molecular formula is C6H4O5. The Morgan fingerprint density at radius 1 is 1.09 bits per heavy atom. The molecule has 0 aliphatic carbocycles. The molecule has 5 heteroatoms.